The number of carboxylic acids is 1. The van der Waals surface area contributed by atoms with E-state index < -0.39 is 23.5 Å². The van der Waals surface area contributed by atoms with E-state index in [-0.39, 0.29) is 0 Å². The molecule has 0 radical (unpaired) electrons. The van der Waals surface area contributed by atoms with Crippen LogP contribution in [0.15, 0.2) is 12.4 Å². The highest BCUT2D eigenvalue weighted by atomic mass is 16.4. The first-order valence-corrected chi connectivity index (χ1v) is 6.74. The van der Waals surface area contributed by atoms with Gasteiger partial charge in [-0.3, -0.25) is 9.48 Å². The van der Waals surface area contributed by atoms with Gasteiger partial charge in [-0.15, -0.1) is 0 Å². The van der Waals surface area contributed by atoms with Gasteiger partial charge < -0.3 is 16.2 Å². The van der Waals surface area contributed by atoms with Gasteiger partial charge in [0.1, 0.15) is 11.6 Å². The molecule has 0 bridgehead atoms. The van der Waals surface area contributed by atoms with Crippen LogP contribution in [0.2, 0.25) is 0 Å². The third-order valence-corrected chi connectivity index (χ3v) is 3.85. The predicted molar refractivity (Wildman–Crippen MR) is 71.7 cm³/mol. The van der Waals surface area contributed by atoms with Crippen LogP contribution in [-0.2, 0) is 16.6 Å². The second-order valence-corrected chi connectivity index (χ2v) is 5.36. The van der Waals surface area contributed by atoms with Crippen molar-refractivity contribution in [2.75, 3.05) is 0 Å². The van der Waals surface area contributed by atoms with Crippen molar-refractivity contribution < 1.29 is 14.7 Å². The number of amides is 1. The number of carbonyl (C=O) groups is 2. The summed E-state index contributed by atoms with van der Waals surface area (Å²) in [6, 6.07) is -0.901. The van der Waals surface area contributed by atoms with Crippen LogP contribution >= 0.6 is 0 Å². The Morgan fingerprint density at radius 3 is 2.60 bits per heavy atom. The van der Waals surface area contributed by atoms with Gasteiger partial charge in [-0.2, -0.15) is 5.10 Å². The monoisotopic (exact) mass is 280 g/mol. The molecular formula is C13H20N4O3. The van der Waals surface area contributed by atoms with Crippen LogP contribution in [0.25, 0.3) is 0 Å². The molecule has 1 fully saturated rings. The van der Waals surface area contributed by atoms with Crippen molar-refractivity contribution in [2.24, 2.45) is 12.8 Å². The molecule has 0 spiro atoms. The number of nitrogens with zero attached hydrogens (tertiary/aromatic N) is 2. The largest absolute Gasteiger partial charge is 0.480 e. The molecule has 0 aromatic carbocycles. The molecule has 0 aliphatic heterocycles. The maximum absolute atomic E-state index is 12.2. The van der Waals surface area contributed by atoms with E-state index >= 15 is 0 Å². The molecule has 1 aliphatic rings. The van der Waals surface area contributed by atoms with E-state index in [2.05, 4.69) is 10.4 Å². The number of carboxylic acid groups (broad SMARTS) is 1. The molecular weight excluding hydrogens is 260 g/mol. The summed E-state index contributed by atoms with van der Waals surface area (Å²) in [7, 11) is 1.73. The Morgan fingerprint density at radius 2 is 2.10 bits per heavy atom. The van der Waals surface area contributed by atoms with Gasteiger partial charge in [-0.25, -0.2) is 4.79 Å². The van der Waals surface area contributed by atoms with Crippen molar-refractivity contribution in [3.05, 3.63) is 18.0 Å². The SMILES string of the molecule is Cn1cc(C(N)C(=O)NC2(C(=O)O)CCCCC2)cn1. The van der Waals surface area contributed by atoms with E-state index in [9.17, 15) is 14.7 Å². The summed E-state index contributed by atoms with van der Waals surface area (Å²) in [5.74, 6) is -1.45. The minimum atomic E-state index is -1.17. The number of rotatable bonds is 4. The molecule has 2 rings (SSSR count). The van der Waals surface area contributed by atoms with Crippen LogP contribution < -0.4 is 11.1 Å². The van der Waals surface area contributed by atoms with E-state index in [4.69, 9.17) is 5.73 Å². The Morgan fingerprint density at radius 1 is 1.45 bits per heavy atom. The maximum Gasteiger partial charge on any atom is 0.329 e. The van der Waals surface area contributed by atoms with Gasteiger partial charge in [-0.05, 0) is 12.8 Å². The van der Waals surface area contributed by atoms with E-state index in [0.29, 0.717) is 18.4 Å². The Balaban J connectivity index is 2.10. The molecule has 4 N–H and O–H groups in total. The van der Waals surface area contributed by atoms with Crippen molar-refractivity contribution >= 4 is 11.9 Å². The van der Waals surface area contributed by atoms with E-state index in [0.717, 1.165) is 19.3 Å². The van der Waals surface area contributed by atoms with E-state index in [1.807, 2.05) is 0 Å². The van der Waals surface area contributed by atoms with Crippen molar-refractivity contribution in [3.8, 4) is 0 Å². The molecule has 110 valence electrons. The molecule has 20 heavy (non-hydrogen) atoms. The lowest BCUT2D eigenvalue weighted by Gasteiger charge is -2.34. The highest BCUT2D eigenvalue weighted by molar-refractivity contribution is 5.90. The standard InChI is InChI=1S/C13H20N4O3/c1-17-8-9(7-15-17)10(14)11(18)16-13(12(19)20)5-3-2-4-6-13/h7-8,10H,2-6,14H2,1H3,(H,16,18)(H,19,20). The van der Waals surface area contributed by atoms with Gasteiger partial charge in [0.2, 0.25) is 5.91 Å². The Labute approximate surface area is 117 Å². The van der Waals surface area contributed by atoms with Crippen molar-refractivity contribution in [1.82, 2.24) is 15.1 Å². The van der Waals surface area contributed by atoms with E-state index in [1.54, 1.807) is 17.9 Å². The molecule has 1 atom stereocenters. The number of nitrogens with one attached hydrogen (secondary N) is 1. The Bertz CT molecular complexity index is 505. The molecule has 7 nitrogen and oxygen atoms in total. The fourth-order valence-corrected chi connectivity index (χ4v) is 2.61. The second kappa shape index (κ2) is 5.62. The van der Waals surface area contributed by atoms with Gasteiger partial charge in [-0.1, -0.05) is 19.3 Å². The quantitative estimate of drug-likeness (QED) is 0.736. The first-order valence-electron chi connectivity index (χ1n) is 6.74. The topological polar surface area (TPSA) is 110 Å². The molecule has 1 saturated carbocycles. The highest BCUT2D eigenvalue weighted by Crippen LogP contribution is 2.29. The fraction of sp³-hybridized carbons (Fsp3) is 0.615. The summed E-state index contributed by atoms with van der Waals surface area (Å²) < 4.78 is 1.55. The van der Waals surface area contributed by atoms with Gasteiger partial charge in [0.05, 0.1) is 6.20 Å². The van der Waals surface area contributed by atoms with Crippen molar-refractivity contribution in [3.63, 3.8) is 0 Å². The normalized spacial score (nSPS) is 19.3. The molecule has 1 aromatic rings. The average Bonchev–Trinajstić information content (AvgIpc) is 2.85. The summed E-state index contributed by atoms with van der Waals surface area (Å²) in [5.41, 5.74) is 5.27. The zero-order valence-electron chi connectivity index (χ0n) is 11.5. The molecule has 0 saturated heterocycles. The molecule has 1 unspecified atom stereocenters. The summed E-state index contributed by atoms with van der Waals surface area (Å²) in [6.45, 7) is 0. The van der Waals surface area contributed by atoms with E-state index in [1.165, 1.54) is 6.20 Å². The first kappa shape index (κ1) is 14.5. The first-order chi connectivity index (χ1) is 9.44. The van der Waals surface area contributed by atoms with Crippen LogP contribution in [0.4, 0.5) is 0 Å². The molecule has 1 aromatic heterocycles. The van der Waals surface area contributed by atoms with Crippen LogP contribution in [0.5, 0.6) is 0 Å². The van der Waals surface area contributed by atoms with Gasteiger partial charge in [0.25, 0.3) is 0 Å². The molecule has 1 heterocycles. The predicted octanol–water partition coefficient (Wildman–Crippen LogP) is 0.324. The van der Waals surface area contributed by atoms with Gasteiger partial charge in [0, 0.05) is 18.8 Å². The lowest BCUT2D eigenvalue weighted by Crippen LogP contribution is -2.57. The zero-order valence-corrected chi connectivity index (χ0v) is 11.5. The summed E-state index contributed by atoms with van der Waals surface area (Å²) in [5, 5.41) is 16.0. The van der Waals surface area contributed by atoms with Crippen LogP contribution in [-0.4, -0.2) is 32.3 Å². The third kappa shape index (κ3) is 2.82. The zero-order chi connectivity index (χ0) is 14.8. The molecule has 1 amide bonds. The van der Waals surface area contributed by atoms with Crippen LogP contribution in [0.3, 0.4) is 0 Å². The van der Waals surface area contributed by atoms with Crippen molar-refractivity contribution in [1.29, 1.82) is 0 Å². The number of aromatic nitrogens is 2. The molecule has 1 aliphatic carbocycles. The average molecular weight is 280 g/mol. The second-order valence-electron chi connectivity index (χ2n) is 5.36. The highest BCUT2D eigenvalue weighted by Gasteiger charge is 2.41. The number of hydrogen-bond donors (Lipinski definition) is 3. The van der Waals surface area contributed by atoms with Crippen LogP contribution in [0, 0.1) is 0 Å². The number of hydrogen-bond acceptors (Lipinski definition) is 4. The summed E-state index contributed by atoms with van der Waals surface area (Å²) in [6.07, 6.45) is 6.67. The molecule has 7 heteroatoms. The number of aryl methyl sites for hydroxylation is 1. The van der Waals surface area contributed by atoms with Gasteiger partial charge in [0.15, 0.2) is 0 Å². The summed E-state index contributed by atoms with van der Waals surface area (Å²) in [4.78, 5) is 23.7. The minimum absolute atomic E-state index is 0.452. The number of nitrogens with two attached hydrogens (primary N) is 1. The maximum atomic E-state index is 12.2. The lowest BCUT2D eigenvalue weighted by atomic mass is 9.81. The number of carbonyl (C=O) groups excluding carboxylic acids is 1. The number of aliphatic carboxylic acids is 1. The lowest BCUT2D eigenvalue weighted by molar-refractivity contribution is -0.149. The van der Waals surface area contributed by atoms with Gasteiger partial charge >= 0.3 is 5.97 Å². The Hall–Kier alpha value is -1.89. The van der Waals surface area contributed by atoms with Crippen molar-refractivity contribution in [2.45, 2.75) is 43.7 Å². The fourth-order valence-electron chi connectivity index (χ4n) is 2.61. The smallest absolute Gasteiger partial charge is 0.329 e. The minimum Gasteiger partial charge on any atom is -0.480 e. The summed E-state index contributed by atoms with van der Waals surface area (Å²) >= 11 is 0. The Kier molecular flexibility index (Phi) is 4.08. The van der Waals surface area contributed by atoms with Crippen LogP contribution in [0.1, 0.15) is 43.7 Å². The third-order valence-electron chi connectivity index (χ3n) is 3.85.